The van der Waals surface area contributed by atoms with Gasteiger partial charge < -0.3 is 20.4 Å². The summed E-state index contributed by atoms with van der Waals surface area (Å²) in [7, 11) is 4.04. The van der Waals surface area contributed by atoms with E-state index in [1.165, 1.54) is 42.2 Å². The molecule has 1 saturated heterocycles. The number of rotatable bonds is 7. The smallest absolute Gasteiger partial charge is 0.191 e. The van der Waals surface area contributed by atoms with Crippen molar-refractivity contribution in [2.24, 2.45) is 10.9 Å². The minimum atomic E-state index is 0.595. The molecule has 1 aromatic carbocycles. The Morgan fingerprint density at radius 3 is 2.62 bits per heavy atom. The number of hydrogen-bond donors (Lipinski definition) is 2. The predicted octanol–water partition coefficient (Wildman–Crippen LogP) is 2.27. The Kier molecular flexibility index (Phi) is 8.75. The molecule has 0 aliphatic carbocycles. The number of guanidine groups is 1. The summed E-state index contributed by atoms with van der Waals surface area (Å²) < 4.78 is 0. The van der Waals surface area contributed by atoms with Crippen LogP contribution in [-0.2, 0) is 6.54 Å². The molecule has 0 saturated carbocycles. The van der Waals surface area contributed by atoms with Crippen LogP contribution in [0.15, 0.2) is 28.1 Å². The van der Waals surface area contributed by atoms with Crippen molar-refractivity contribution < 1.29 is 0 Å². The molecule has 0 spiro atoms. The maximum absolute atomic E-state index is 4.37. The minimum Gasteiger partial charge on any atom is -0.356 e. The van der Waals surface area contributed by atoms with Crippen molar-refractivity contribution in [3.8, 4) is 0 Å². The number of nitrogens with zero attached hydrogens (tertiary/aromatic N) is 3. The molecule has 5 nitrogen and oxygen atoms in total. The van der Waals surface area contributed by atoms with E-state index in [-0.39, 0.29) is 0 Å². The van der Waals surface area contributed by atoms with Gasteiger partial charge in [-0.1, -0.05) is 19.1 Å². The fraction of sp³-hybridized carbons (Fsp3) is 0.650. The van der Waals surface area contributed by atoms with Crippen LogP contribution in [0.25, 0.3) is 0 Å². The zero-order valence-electron chi connectivity index (χ0n) is 17.0. The molecule has 0 aromatic heterocycles. The van der Waals surface area contributed by atoms with Crippen molar-refractivity contribution >= 4 is 17.7 Å². The molecule has 2 rings (SSSR count). The van der Waals surface area contributed by atoms with Gasteiger partial charge in [-0.25, -0.2) is 0 Å². The first-order valence-electron chi connectivity index (χ1n) is 9.50. The summed E-state index contributed by atoms with van der Waals surface area (Å²) in [6.45, 7) is 12.0. The van der Waals surface area contributed by atoms with Crippen LogP contribution < -0.4 is 10.6 Å². The van der Waals surface area contributed by atoms with Gasteiger partial charge in [0, 0.05) is 57.8 Å². The quantitative estimate of drug-likeness (QED) is 0.433. The topological polar surface area (TPSA) is 42.9 Å². The van der Waals surface area contributed by atoms with Crippen LogP contribution in [0.5, 0.6) is 0 Å². The molecule has 0 radical (unpaired) electrons. The molecule has 6 heteroatoms. The highest BCUT2D eigenvalue weighted by Gasteiger charge is 2.16. The summed E-state index contributed by atoms with van der Waals surface area (Å²) in [5.41, 5.74) is 2.62. The van der Waals surface area contributed by atoms with E-state index >= 15 is 0 Å². The number of hydrogen-bond acceptors (Lipinski definition) is 4. The molecule has 26 heavy (non-hydrogen) atoms. The Morgan fingerprint density at radius 1 is 1.23 bits per heavy atom. The Labute approximate surface area is 163 Å². The molecular weight excluding hydrogens is 342 g/mol. The SMILES string of the molecule is CN=C(NCc1ccc(C)cc1SC)NCC(C)CN1CCN(C)CC1. The first kappa shape index (κ1) is 21.1. The van der Waals surface area contributed by atoms with Crippen LogP contribution in [0.3, 0.4) is 0 Å². The van der Waals surface area contributed by atoms with E-state index in [9.17, 15) is 0 Å². The predicted molar refractivity (Wildman–Crippen MR) is 114 cm³/mol. The first-order chi connectivity index (χ1) is 12.5. The number of thioether (sulfide) groups is 1. The van der Waals surface area contributed by atoms with E-state index in [0.717, 1.165) is 25.6 Å². The van der Waals surface area contributed by atoms with Crippen molar-refractivity contribution in [2.75, 3.05) is 59.6 Å². The Hall–Kier alpha value is -1.24. The third-order valence-corrected chi connectivity index (χ3v) is 5.72. The average molecular weight is 378 g/mol. The lowest BCUT2D eigenvalue weighted by Gasteiger charge is -2.34. The van der Waals surface area contributed by atoms with Crippen molar-refractivity contribution in [2.45, 2.75) is 25.3 Å². The summed E-state index contributed by atoms with van der Waals surface area (Å²) in [6, 6.07) is 6.62. The lowest BCUT2D eigenvalue weighted by molar-refractivity contribution is 0.139. The normalized spacial score (nSPS) is 18.0. The van der Waals surface area contributed by atoms with E-state index in [0.29, 0.717) is 5.92 Å². The molecular formula is C20H35N5S. The molecule has 2 N–H and O–H groups in total. The average Bonchev–Trinajstić information content (AvgIpc) is 2.64. The zero-order valence-corrected chi connectivity index (χ0v) is 17.8. The monoisotopic (exact) mass is 377 g/mol. The van der Waals surface area contributed by atoms with Crippen molar-refractivity contribution in [1.29, 1.82) is 0 Å². The molecule has 0 amide bonds. The largest absolute Gasteiger partial charge is 0.356 e. The van der Waals surface area contributed by atoms with E-state index in [4.69, 9.17) is 0 Å². The van der Waals surface area contributed by atoms with Gasteiger partial charge in [-0.15, -0.1) is 11.8 Å². The van der Waals surface area contributed by atoms with Crippen LogP contribution in [-0.4, -0.2) is 75.4 Å². The number of aliphatic imine (C=N–C) groups is 1. The van der Waals surface area contributed by atoms with Gasteiger partial charge in [-0.2, -0.15) is 0 Å². The van der Waals surface area contributed by atoms with Crippen molar-refractivity contribution in [3.63, 3.8) is 0 Å². The van der Waals surface area contributed by atoms with Gasteiger partial charge in [0.05, 0.1) is 0 Å². The second-order valence-corrected chi connectivity index (χ2v) is 8.18. The van der Waals surface area contributed by atoms with Crippen LogP contribution in [0, 0.1) is 12.8 Å². The summed E-state index contributed by atoms with van der Waals surface area (Å²) in [6.07, 6.45) is 2.13. The van der Waals surface area contributed by atoms with Crippen LogP contribution in [0.4, 0.5) is 0 Å². The second-order valence-electron chi connectivity index (χ2n) is 7.33. The van der Waals surface area contributed by atoms with E-state index in [1.807, 2.05) is 7.05 Å². The molecule has 1 unspecified atom stereocenters. The third kappa shape index (κ3) is 6.82. The number of piperazine rings is 1. The molecule has 1 aliphatic heterocycles. The number of benzene rings is 1. The standard InChI is InChI=1S/C20H35N5S/c1-16-6-7-18(19(12-16)26-5)14-23-20(21-3)22-13-17(2)15-25-10-8-24(4)9-11-25/h6-7,12,17H,8-11,13-15H2,1-5H3,(H2,21,22,23). The van der Waals surface area contributed by atoms with Crippen molar-refractivity contribution in [3.05, 3.63) is 29.3 Å². The molecule has 1 heterocycles. The van der Waals surface area contributed by atoms with Gasteiger partial charge in [0.25, 0.3) is 0 Å². The Bertz CT molecular complexity index is 582. The van der Waals surface area contributed by atoms with Gasteiger partial charge in [-0.05, 0) is 43.3 Å². The van der Waals surface area contributed by atoms with Gasteiger partial charge in [0.2, 0.25) is 0 Å². The second kappa shape index (κ2) is 10.8. The summed E-state index contributed by atoms with van der Waals surface area (Å²) in [5, 5.41) is 6.93. The molecule has 1 aromatic rings. The fourth-order valence-electron chi connectivity index (χ4n) is 3.20. The summed E-state index contributed by atoms with van der Waals surface area (Å²) in [5.74, 6) is 1.47. The molecule has 0 bridgehead atoms. The van der Waals surface area contributed by atoms with E-state index in [2.05, 4.69) is 70.8 Å². The molecule has 1 aliphatic rings. The highest BCUT2D eigenvalue weighted by atomic mass is 32.2. The molecule has 146 valence electrons. The number of aryl methyl sites for hydroxylation is 1. The molecule has 1 fully saturated rings. The highest BCUT2D eigenvalue weighted by Crippen LogP contribution is 2.21. The van der Waals surface area contributed by atoms with E-state index < -0.39 is 0 Å². The van der Waals surface area contributed by atoms with Crippen LogP contribution >= 0.6 is 11.8 Å². The maximum Gasteiger partial charge on any atom is 0.191 e. The van der Waals surface area contributed by atoms with Gasteiger partial charge in [0.15, 0.2) is 5.96 Å². The Balaban J connectivity index is 1.75. The maximum atomic E-state index is 4.37. The minimum absolute atomic E-state index is 0.595. The zero-order chi connectivity index (χ0) is 18.9. The van der Waals surface area contributed by atoms with Crippen molar-refractivity contribution in [1.82, 2.24) is 20.4 Å². The van der Waals surface area contributed by atoms with Gasteiger partial charge in [0.1, 0.15) is 0 Å². The fourth-order valence-corrected chi connectivity index (χ4v) is 3.91. The Morgan fingerprint density at radius 2 is 1.96 bits per heavy atom. The first-order valence-corrected chi connectivity index (χ1v) is 10.7. The lowest BCUT2D eigenvalue weighted by Crippen LogP contribution is -2.47. The van der Waals surface area contributed by atoms with E-state index in [1.54, 1.807) is 11.8 Å². The van der Waals surface area contributed by atoms with Gasteiger partial charge >= 0.3 is 0 Å². The summed E-state index contributed by atoms with van der Waals surface area (Å²) >= 11 is 1.80. The third-order valence-electron chi connectivity index (χ3n) is 4.90. The number of nitrogens with one attached hydrogen (secondary N) is 2. The molecule has 1 atom stereocenters. The lowest BCUT2D eigenvalue weighted by atomic mass is 10.1. The number of likely N-dealkylation sites (N-methyl/N-ethyl adjacent to an activating group) is 1. The van der Waals surface area contributed by atoms with Crippen LogP contribution in [0.1, 0.15) is 18.1 Å². The van der Waals surface area contributed by atoms with Crippen LogP contribution in [0.2, 0.25) is 0 Å². The summed E-state index contributed by atoms with van der Waals surface area (Å²) in [4.78, 5) is 10.7. The van der Waals surface area contributed by atoms with Gasteiger partial charge in [-0.3, -0.25) is 4.99 Å². The highest BCUT2D eigenvalue weighted by molar-refractivity contribution is 7.98.